The molecule has 3 heterocycles. The second-order valence-electron chi connectivity index (χ2n) is 7.38. The first-order valence-electron chi connectivity index (χ1n) is 8.25. The van der Waals surface area contributed by atoms with Crippen LogP contribution < -0.4 is 0 Å². The molecular weight excluding hydrogens is 318 g/mol. The fraction of sp³-hybridized carbons (Fsp3) is 0.562. The molecule has 0 amide bonds. The van der Waals surface area contributed by atoms with Crippen molar-refractivity contribution in [1.29, 1.82) is 0 Å². The molecular formula is C16H23N9. The van der Waals surface area contributed by atoms with E-state index in [0.717, 1.165) is 11.5 Å². The zero-order valence-electron chi connectivity index (χ0n) is 15.7. The van der Waals surface area contributed by atoms with E-state index in [1.54, 1.807) is 18.5 Å². The summed E-state index contributed by atoms with van der Waals surface area (Å²) in [5, 5.41) is 16.4. The van der Waals surface area contributed by atoms with Gasteiger partial charge in [-0.2, -0.15) is 14.6 Å². The Morgan fingerprint density at radius 1 is 0.960 bits per heavy atom. The van der Waals surface area contributed by atoms with E-state index in [2.05, 4.69) is 75.0 Å². The number of aromatic amines is 1. The predicted molar refractivity (Wildman–Crippen MR) is 93.6 cm³/mol. The van der Waals surface area contributed by atoms with Crippen molar-refractivity contribution in [3.05, 3.63) is 23.2 Å². The van der Waals surface area contributed by atoms with Crippen molar-refractivity contribution in [2.45, 2.75) is 59.8 Å². The summed E-state index contributed by atoms with van der Waals surface area (Å²) in [6, 6.07) is 0. The van der Waals surface area contributed by atoms with Crippen LogP contribution >= 0.6 is 0 Å². The standard InChI is InChI=1S/C16H23N9/c1-8(2)13-20-14-11(12(16(5,6)7)23-25(14)24-13)21-22-15-18-9(3)17-10(4)19-15/h8,23H,1-7H3. The Morgan fingerprint density at radius 2 is 1.60 bits per heavy atom. The Morgan fingerprint density at radius 3 is 2.16 bits per heavy atom. The van der Waals surface area contributed by atoms with E-state index in [4.69, 9.17) is 0 Å². The van der Waals surface area contributed by atoms with Crippen molar-refractivity contribution in [1.82, 2.24) is 34.8 Å². The van der Waals surface area contributed by atoms with Crippen molar-refractivity contribution in [3.63, 3.8) is 0 Å². The molecule has 0 bridgehead atoms. The van der Waals surface area contributed by atoms with E-state index in [0.29, 0.717) is 23.0 Å². The van der Waals surface area contributed by atoms with Gasteiger partial charge in [0.15, 0.2) is 11.5 Å². The lowest BCUT2D eigenvalue weighted by molar-refractivity contribution is 0.555. The summed E-state index contributed by atoms with van der Waals surface area (Å²) in [5.41, 5.74) is 2.05. The third kappa shape index (κ3) is 3.40. The highest BCUT2D eigenvalue weighted by Crippen LogP contribution is 2.34. The minimum Gasteiger partial charge on any atom is -0.277 e. The van der Waals surface area contributed by atoms with Crippen LogP contribution in [0.1, 0.15) is 63.7 Å². The third-order valence-electron chi connectivity index (χ3n) is 3.64. The van der Waals surface area contributed by atoms with Crippen LogP contribution in [-0.4, -0.2) is 34.8 Å². The molecule has 0 spiro atoms. The Labute approximate surface area is 146 Å². The molecule has 3 rings (SSSR count). The topological polar surface area (TPSA) is 109 Å². The number of azo groups is 1. The quantitative estimate of drug-likeness (QED) is 0.730. The molecule has 0 aromatic carbocycles. The molecule has 3 aromatic heterocycles. The minimum absolute atomic E-state index is 0.167. The third-order valence-corrected chi connectivity index (χ3v) is 3.64. The highest BCUT2D eigenvalue weighted by Gasteiger charge is 2.26. The van der Waals surface area contributed by atoms with E-state index in [1.165, 1.54) is 0 Å². The van der Waals surface area contributed by atoms with Crippen molar-refractivity contribution in [2.24, 2.45) is 10.2 Å². The second-order valence-corrected chi connectivity index (χ2v) is 7.38. The first-order chi connectivity index (χ1) is 11.6. The fourth-order valence-electron chi connectivity index (χ4n) is 2.43. The predicted octanol–water partition coefficient (Wildman–Crippen LogP) is 3.70. The zero-order valence-corrected chi connectivity index (χ0v) is 15.7. The van der Waals surface area contributed by atoms with E-state index >= 15 is 0 Å². The van der Waals surface area contributed by atoms with Crippen LogP contribution in [0, 0.1) is 13.8 Å². The Bertz CT molecular complexity index is 920. The fourth-order valence-corrected chi connectivity index (χ4v) is 2.43. The number of aryl methyl sites for hydroxylation is 2. The average Bonchev–Trinajstić information content (AvgIpc) is 3.01. The number of hydrogen-bond donors (Lipinski definition) is 1. The van der Waals surface area contributed by atoms with E-state index < -0.39 is 0 Å². The minimum atomic E-state index is -0.167. The van der Waals surface area contributed by atoms with Crippen molar-refractivity contribution < 1.29 is 0 Å². The number of hydrogen-bond acceptors (Lipinski definition) is 7. The van der Waals surface area contributed by atoms with Gasteiger partial charge in [-0.15, -0.1) is 15.3 Å². The van der Waals surface area contributed by atoms with Gasteiger partial charge in [0.1, 0.15) is 11.6 Å². The van der Waals surface area contributed by atoms with Crippen molar-refractivity contribution in [3.8, 4) is 0 Å². The molecule has 0 fully saturated rings. The van der Waals surface area contributed by atoms with Crippen LogP contribution in [-0.2, 0) is 5.41 Å². The molecule has 0 atom stereocenters. The summed E-state index contributed by atoms with van der Waals surface area (Å²) in [5.74, 6) is 2.50. The molecule has 0 radical (unpaired) electrons. The second kappa shape index (κ2) is 5.98. The SMILES string of the molecule is Cc1nc(C)nc(N=Nc2c(C(C)(C)C)[nH]n3nc(C(C)C)nc23)n1. The van der Waals surface area contributed by atoms with Gasteiger partial charge >= 0.3 is 0 Å². The van der Waals surface area contributed by atoms with Gasteiger partial charge < -0.3 is 0 Å². The summed E-state index contributed by atoms with van der Waals surface area (Å²) >= 11 is 0. The van der Waals surface area contributed by atoms with Crippen LogP contribution in [0.15, 0.2) is 10.2 Å². The maximum Gasteiger partial charge on any atom is 0.272 e. The normalized spacial score (nSPS) is 12.8. The molecule has 0 unspecified atom stereocenters. The van der Waals surface area contributed by atoms with Gasteiger partial charge in [0.2, 0.25) is 5.65 Å². The van der Waals surface area contributed by atoms with Gasteiger partial charge in [-0.25, -0.2) is 9.97 Å². The average molecular weight is 341 g/mol. The first kappa shape index (κ1) is 17.1. The molecule has 0 saturated heterocycles. The monoisotopic (exact) mass is 341 g/mol. The van der Waals surface area contributed by atoms with E-state index in [-0.39, 0.29) is 17.3 Å². The molecule has 9 heteroatoms. The van der Waals surface area contributed by atoms with Crippen molar-refractivity contribution in [2.75, 3.05) is 0 Å². The number of rotatable bonds is 3. The van der Waals surface area contributed by atoms with E-state index in [9.17, 15) is 0 Å². The summed E-state index contributed by atoms with van der Waals surface area (Å²) in [6.45, 7) is 14.0. The first-order valence-corrected chi connectivity index (χ1v) is 8.25. The molecule has 9 nitrogen and oxygen atoms in total. The molecule has 3 aromatic rings. The largest absolute Gasteiger partial charge is 0.277 e. The lowest BCUT2D eigenvalue weighted by Crippen LogP contribution is -2.12. The zero-order chi connectivity index (χ0) is 18.4. The molecule has 0 aliphatic heterocycles. The van der Waals surface area contributed by atoms with Crippen LogP contribution in [0.4, 0.5) is 11.6 Å². The van der Waals surface area contributed by atoms with E-state index in [1.807, 2.05) is 0 Å². The number of nitrogens with zero attached hydrogens (tertiary/aromatic N) is 8. The molecule has 132 valence electrons. The van der Waals surface area contributed by atoms with Crippen LogP contribution in [0.2, 0.25) is 0 Å². The smallest absolute Gasteiger partial charge is 0.272 e. The lowest BCUT2D eigenvalue weighted by atomic mass is 9.91. The van der Waals surface area contributed by atoms with Gasteiger partial charge in [-0.3, -0.25) is 5.10 Å². The Balaban J connectivity index is 2.13. The lowest BCUT2D eigenvalue weighted by Gasteiger charge is -2.16. The summed E-state index contributed by atoms with van der Waals surface area (Å²) in [4.78, 5) is 17.2. The summed E-state index contributed by atoms with van der Waals surface area (Å²) < 4.78 is 1.66. The van der Waals surface area contributed by atoms with Gasteiger partial charge in [-0.1, -0.05) is 34.6 Å². The molecule has 0 aliphatic carbocycles. The number of nitrogens with one attached hydrogen (secondary N) is 1. The van der Waals surface area contributed by atoms with Gasteiger partial charge in [-0.05, 0) is 13.8 Å². The molecule has 0 aliphatic rings. The number of H-pyrrole nitrogens is 1. The number of fused-ring (bicyclic) bond motifs is 1. The van der Waals surface area contributed by atoms with Crippen LogP contribution in [0.3, 0.4) is 0 Å². The van der Waals surface area contributed by atoms with Crippen LogP contribution in [0.5, 0.6) is 0 Å². The van der Waals surface area contributed by atoms with Gasteiger partial charge in [0.25, 0.3) is 5.95 Å². The van der Waals surface area contributed by atoms with Crippen LogP contribution in [0.25, 0.3) is 5.65 Å². The summed E-state index contributed by atoms with van der Waals surface area (Å²) in [7, 11) is 0. The van der Waals surface area contributed by atoms with Gasteiger partial charge in [0, 0.05) is 11.3 Å². The Kier molecular flexibility index (Phi) is 4.09. The molecule has 25 heavy (non-hydrogen) atoms. The highest BCUT2D eigenvalue weighted by molar-refractivity contribution is 5.67. The highest BCUT2D eigenvalue weighted by atomic mass is 15.5. The molecule has 0 saturated carbocycles. The van der Waals surface area contributed by atoms with Gasteiger partial charge in [0.05, 0.1) is 5.69 Å². The maximum atomic E-state index is 4.61. The summed E-state index contributed by atoms with van der Waals surface area (Å²) in [6.07, 6.45) is 0. The molecule has 1 N–H and O–H groups in total. The number of aromatic nitrogens is 7. The Hall–Kier alpha value is -2.71. The van der Waals surface area contributed by atoms with Crippen molar-refractivity contribution >= 4 is 17.3 Å². The maximum absolute atomic E-state index is 4.61.